The number of hydrogen-bond donors (Lipinski definition) is 3. The summed E-state index contributed by atoms with van der Waals surface area (Å²) in [5, 5.41) is 9.72. The van der Waals surface area contributed by atoms with Crippen molar-refractivity contribution in [2.45, 2.75) is 70.8 Å². The topological polar surface area (TPSA) is 68.8 Å². The van der Waals surface area contributed by atoms with Gasteiger partial charge in [-0.3, -0.25) is 9.79 Å². The Bertz CT molecular complexity index is 434. The highest BCUT2D eigenvalue weighted by Crippen LogP contribution is 2.23. The molecule has 26 heavy (non-hydrogen) atoms. The Morgan fingerprint density at radius 2 is 1.65 bits per heavy atom. The number of amides is 1. The van der Waals surface area contributed by atoms with Gasteiger partial charge in [-0.1, -0.05) is 25.7 Å². The molecule has 0 aromatic rings. The molecular weight excluding hydrogens is 326 g/mol. The molecule has 0 radical (unpaired) electrons. The van der Waals surface area contributed by atoms with E-state index in [0.717, 1.165) is 44.4 Å². The Kier molecular flexibility index (Phi) is 9.82. The standard InChI is InChI=1S/C20H39N5O/c1-17-9-6-7-15-25(17)16-8-12-23-20(21-2)24-14-13-22-19(26)18-10-4-3-5-11-18/h17-18H,3-16H2,1-2H3,(H,22,26)(H2,21,23,24). The molecule has 1 heterocycles. The van der Waals surface area contributed by atoms with E-state index in [1.807, 2.05) is 0 Å². The van der Waals surface area contributed by atoms with Crippen molar-refractivity contribution in [3.63, 3.8) is 0 Å². The second-order valence-corrected chi connectivity index (χ2v) is 7.79. The van der Waals surface area contributed by atoms with Crippen molar-refractivity contribution in [1.29, 1.82) is 0 Å². The summed E-state index contributed by atoms with van der Waals surface area (Å²) in [6, 6.07) is 0.731. The normalized spacial score (nSPS) is 22.8. The second-order valence-electron chi connectivity index (χ2n) is 7.79. The number of rotatable bonds is 8. The lowest BCUT2D eigenvalue weighted by atomic mass is 9.89. The first-order valence-electron chi connectivity index (χ1n) is 10.7. The minimum absolute atomic E-state index is 0.227. The molecule has 2 aliphatic rings. The van der Waals surface area contributed by atoms with Crippen LogP contribution < -0.4 is 16.0 Å². The number of aliphatic imine (C=N–C) groups is 1. The number of piperidine rings is 1. The summed E-state index contributed by atoms with van der Waals surface area (Å²) in [6.45, 7) is 7.03. The zero-order valence-electron chi connectivity index (χ0n) is 16.9. The lowest BCUT2D eigenvalue weighted by Crippen LogP contribution is -2.44. The molecule has 6 heteroatoms. The van der Waals surface area contributed by atoms with E-state index in [2.05, 4.69) is 32.8 Å². The van der Waals surface area contributed by atoms with Crippen molar-refractivity contribution >= 4 is 11.9 Å². The fourth-order valence-corrected chi connectivity index (χ4v) is 4.08. The lowest BCUT2D eigenvalue weighted by Gasteiger charge is -2.33. The van der Waals surface area contributed by atoms with Gasteiger partial charge in [-0.25, -0.2) is 0 Å². The van der Waals surface area contributed by atoms with Crippen LogP contribution in [0.15, 0.2) is 4.99 Å². The highest BCUT2D eigenvalue weighted by atomic mass is 16.1. The van der Waals surface area contributed by atoms with Crippen molar-refractivity contribution in [3.05, 3.63) is 0 Å². The summed E-state index contributed by atoms with van der Waals surface area (Å²) >= 11 is 0. The minimum Gasteiger partial charge on any atom is -0.356 e. The van der Waals surface area contributed by atoms with E-state index in [1.54, 1.807) is 7.05 Å². The Morgan fingerprint density at radius 3 is 2.38 bits per heavy atom. The van der Waals surface area contributed by atoms with Gasteiger partial charge >= 0.3 is 0 Å². The highest BCUT2D eigenvalue weighted by molar-refractivity contribution is 5.80. The molecule has 1 aliphatic carbocycles. The van der Waals surface area contributed by atoms with Crippen LogP contribution in [-0.4, -0.2) is 62.6 Å². The third kappa shape index (κ3) is 7.52. The van der Waals surface area contributed by atoms with Crippen LogP contribution in [-0.2, 0) is 4.79 Å². The molecule has 1 unspecified atom stereocenters. The maximum atomic E-state index is 12.1. The highest BCUT2D eigenvalue weighted by Gasteiger charge is 2.20. The van der Waals surface area contributed by atoms with E-state index < -0.39 is 0 Å². The van der Waals surface area contributed by atoms with E-state index in [1.165, 1.54) is 45.1 Å². The van der Waals surface area contributed by atoms with Crippen LogP contribution in [0, 0.1) is 5.92 Å². The van der Waals surface area contributed by atoms with Gasteiger partial charge in [0.25, 0.3) is 0 Å². The number of nitrogens with one attached hydrogen (secondary N) is 3. The van der Waals surface area contributed by atoms with Gasteiger partial charge in [-0.15, -0.1) is 0 Å². The van der Waals surface area contributed by atoms with E-state index in [0.29, 0.717) is 13.1 Å². The quantitative estimate of drug-likeness (QED) is 0.350. The van der Waals surface area contributed by atoms with Gasteiger partial charge in [-0.05, 0) is 45.6 Å². The van der Waals surface area contributed by atoms with Gasteiger partial charge in [-0.2, -0.15) is 0 Å². The first-order valence-corrected chi connectivity index (χ1v) is 10.7. The molecule has 2 fully saturated rings. The molecule has 150 valence electrons. The fourth-order valence-electron chi connectivity index (χ4n) is 4.08. The summed E-state index contributed by atoms with van der Waals surface area (Å²) < 4.78 is 0. The Hall–Kier alpha value is -1.30. The molecule has 1 atom stereocenters. The predicted octanol–water partition coefficient (Wildman–Crippen LogP) is 2.11. The maximum Gasteiger partial charge on any atom is 0.223 e. The monoisotopic (exact) mass is 365 g/mol. The van der Waals surface area contributed by atoms with Crippen molar-refractivity contribution in [1.82, 2.24) is 20.9 Å². The second kappa shape index (κ2) is 12.2. The van der Waals surface area contributed by atoms with Crippen molar-refractivity contribution in [2.75, 3.05) is 39.8 Å². The molecule has 3 N–H and O–H groups in total. The Morgan fingerprint density at radius 1 is 0.962 bits per heavy atom. The SMILES string of the molecule is CN=C(NCCCN1CCCCC1C)NCCNC(=O)C1CCCCC1. The molecule has 0 aromatic heterocycles. The Balaban J connectivity index is 1.51. The minimum atomic E-state index is 0.227. The number of likely N-dealkylation sites (tertiary alicyclic amines) is 1. The summed E-state index contributed by atoms with van der Waals surface area (Å²) in [5.74, 6) is 1.28. The largest absolute Gasteiger partial charge is 0.356 e. The molecule has 1 amide bonds. The van der Waals surface area contributed by atoms with Crippen LogP contribution in [0.25, 0.3) is 0 Å². The first-order chi connectivity index (χ1) is 12.7. The van der Waals surface area contributed by atoms with Crippen LogP contribution in [0.5, 0.6) is 0 Å². The number of carbonyl (C=O) groups is 1. The van der Waals surface area contributed by atoms with Gasteiger partial charge in [0.15, 0.2) is 5.96 Å². The number of guanidine groups is 1. The van der Waals surface area contributed by atoms with Crippen LogP contribution in [0.2, 0.25) is 0 Å². The summed E-state index contributed by atoms with van der Waals surface area (Å²) in [5.41, 5.74) is 0. The summed E-state index contributed by atoms with van der Waals surface area (Å²) in [6.07, 6.45) is 11.0. The third-order valence-electron chi connectivity index (χ3n) is 5.77. The Labute approximate surface area is 159 Å². The molecule has 2 rings (SSSR count). The smallest absolute Gasteiger partial charge is 0.223 e. The molecule has 6 nitrogen and oxygen atoms in total. The first kappa shape index (κ1) is 21.0. The summed E-state index contributed by atoms with van der Waals surface area (Å²) in [7, 11) is 1.79. The third-order valence-corrected chi connectivity index (χ3v) is 5.77. The van der Waals surface area contributed by atoms with Crippen molar-refractivity contribution in [2.24, 2.45) is 10.9 Å². The van der Waals surface area contributed by atoms with Gasteiger partial charge in [0, 0.05) is 45.2 Å². The van der Waals surface area contributed by atoms with E-state index in [4.69, 9.17) is 0 Å². The fraction of sp³-hybridized carbons (Fsp3) is 0.900. The van der Waals surface area contributed by atoms with Crippen molar-refractivity contribution < 1.29 is 4.79 Å². The maximum absolute atomic E-state index is 12.1. The summed E-state index contributed by atoms with van der Waals surface area (Å²) in [4.78, 5) is 19.0. The van der Waals surface area contributed by atoms with E-state index >= 15 is 0 Å². The zero-order chi connectivity index (χ0) is 18.6. The van der Waals surface area contributed by atoms with Crippen LogP contribution in [0.3, 0.4) is 0 Å². The van der Waals surface area contributed by atoms with Gasteiger partial charge in [0.05, 0.1) is 0 Å². The average Bonchev–Trinajstić information content (AvgIpc) is 2.68. The number of carbonyl (C=O) groups excluding carboxylic acids is 1. The zero-order valence-corrected chi connectivity index (χ0v) is 16.9. The molecule has 0 aromatic carbocycles. The van der Waals surface area contributed by atoms with Gasteiger partial charge in [0.1, 0.15) is 0 Å². The molecule has 1 aliphatic heterocycles. The molecular formula is C20H39N5O. The molecule has 1 saturated carbocycles. The number of nitrogens with zero attached hydrogens (tertiary/aromatic N) is 2. The van der Waals surface area contributed by atoms with Crippen LogP contribution in [0.1, 0.15) is 64.7 Å². The van der Waals surface area contributed by atoms with Gasteiger partial charge < -0.3 is 20.9 Å². The van der Waals surface area contributed by atoms with Crippen LogP contribution in [0.4, 0.5) is 0 Å². The molecule has 0 bridgehead atoms. The predicted molar refractivity (Wildman–Crippen MR) is 108 cm³/mol. The number of hydrogen-bond acceptors (Lipinski definition) is 3. The lowest BCUT2D eigenvalue weighted by molar-refractivity contribution is -0.125. The van der Waals surface area contributed by atoms with Crippen molar-refractivity contribution in [3.8, 4) is 0 Å². The average molecular weight is 366 g/mol. The molecule has 0 spiro atoms. The van der Waals surface area contributed by atoms with Crippen LogP contribution >= 0.6 is 0 Å². The van der Waals surface area contributed by atoms with Gasteiger partial charge in [0.2, 0.25) is 5.91 Å². The van der Waals surface area contributed by atoms with E-state index in [9.17, 15) is 4.79 Å². The van der Waals surface area contributed by atoms with E-state index in [-0.39, 0.29) is 11.8 Å². The molecule has 1 saturated heterocycles.